The van der Waals surface area contributed by atoms with Crippen molar-refractivity contribution < 1.29 is 14.3 Å². The molecule has 0 bridgehead atoms. The lowest BCUT2D eigenvalue weighted by molar-refractivity contribution is 0.0656. The molecule has 19 heavy (non-hydrogen) atoms. The fourth-order valence-electron chi connectivity index (χ4n) is 1.60. The summed E-state index contributed by atoms with van der Waals surface area (Å²) in [5, 5.41) is 18.8. The van der Waals surface area contributed by atoms with Gasteiger partial charge in [0.25, 0.3) is 0 Å². The zero-order valence-corrected chi connectivity index (χ0v) is 11.1. The Balaban J connectivity index is 2.37. The Morgan fingerprint density at radius 3 is 2.79 bits per heavy atom. The number of aromatic nitrogens is 1. The Morgan fingerprint density at radius 1 is 1.47 bits per heavy atom. The predicted molar refractivity (Wildman–Crippen MR) is 68.2 cm³/mol. The first-order chi connectivity index (χ1) is 9.01. The van der Waals surface area contributed by atoms with Gasteiger partial charge in [-0.15, -0.1) is 0 Å². The van der Waals surface area contributed by atoms with Gasteiger partial charge in [-0.3, -0.25) is 0 Å². The van der Waals surface area contributed by atoms with E-state index < -0.39 is 5.97 Å². The Bertz CT molecular complexity index is 686. The standard InChI is InChI=1S/C13H10N2O3S/c1-7-5-8(2)15-12(9(7)6-14)19-11-4-3-10(18-11)13(16)17/h3-5H,1-2H3,(H,16,17). The van der Waals surface area contributed by atoms with E-state index in [9.17, 15) is 4.79 Å². The van der Waals surface area contributed by atoms with E-state index in [-0.39, 0.29) is 5.76 Å². The van der Waals surface area contributed by atoms with Gasteiger partial charge in [0.05, 0.1) is 5.56 Å². The number of carboxylic acid groups (broad SMARTS) is 1. The summed E-state index contributed by atoms with van der Waals surface area (Å²) in [5.41, 5.74) is 2.11. The highest BCUT2D eigenvalue weighted by Gasteiger charge is 2.14. The molecule has 2 rings (SSSR count). The molecule has 0 aliphatic rings. The number of rotatable bonds is 3. The van der Waals surface area contributed by atoms with Gasteiger partial charge in [0.1, 0.15) is 11.1 Å². The lowest BCUT2D eigenvalue weighted by Crippen LogP contribution is -1.94. The fourth-order valence-corrected chi connectivity index (χ4v) is 2.55. The van der Waals surface area contributed by atoms with E-state index in [2.05, 4.69) is 11.1 Å². The zero-order valence-electron chi connectivity index (χ0n) is 10.3. The molecule has 2 aromatic heterocycles. The van der Waals surface area contributed by atoms with Crippen LogP contribution in [0.4, 0.5) is 0 Å². The third-order valence-electron chi connectivity index (χ3n) is 2.41. The van der Waals surface area contributed by atoms with Crippen molar-refractivity contribution in [3.63, 3.8) is 0 Å². The summed E-state index contributed by atoms with van der Waals surface area (Å²) in [7, 11) is 0. The molecule has 5 nitrogen and oxygen atoms in total. The lowest BCUT2D eigenvalue weighted by atomic mass is 10.1. The first kappa shape index (κ1) is 13.2. The van der Waals surface area contributed by atoms with Crippen molar-refractivity contribution in [2.45, 2.75) is 24.0 Å². The van der Waals surface area contributed by atoms with Gasteiger partial charge in [-0.05, 0) is 49.4 Å². The van der Waals surface area contributed by atoms with Crippen LogP contribution in [0.1, 0.15) is 27.4 Å². The van der Waals surface area contributed by atoms with Gasteiger partial charge in [-0.1, -0.05) is 0 Å². The number of furan rings is 1. The molecule has 0 saturated heterocycles. The summed E-state index contributed by atoms with van der Waals surface area (Å²) >= 11 is 1.14. The third kappa shape index (κ3) is 2.77. The van der Waals surface area contributed by atoms with Crippen molar-refractivity contribution in [1.82, 2.24) is 4.98 Å². The maximum atomic E-state index is 10.7. The average Bonchev–Trinajstić information content (AvgIpc) is 2.77. The van der Waals surface area contributed by atoms with Gasteiger partial charge in [-0.2, -0.15) is 5.26 Å². The summed E-state index contributed by atoms with van der Waals surface area (Å²) in [4.78, 5) is 15.0. The minimum absolute atomic E-state index is 0.134. The molecule has 1 N–H and O–H groups in total. The highest BCUT2D eigenvalue weighted by atomic mass is 32.2. The van der Waals surface area contributed by atoms with Crippen LogP contribution >= 0.6 is 11.8 Å². The van der Waals surface area contributed by atoms with Crippen LogP contribution in [0.2, 0.25) is 0 Å². The van der Waals surface area contributed by atoms with E-state index >= 15 is 0 Å². The number of nitrogens with zero attached hydrogens (tertiary/aromatic N) is 2. The van der Waals surface area contributed by atoms with Gasteiger partial charge < -0.3 is 9.52 Å². The van der Waals surface area contributed by atoms with Gasteiger partial charge in [0.2, 0.25) is 5.76 Å². The van der Waals surface area contributed by atoms with Crippen LogP contribution in [-0.2, 0) is 0 Å². The number of aryl methyl sites for hydroxylation is 2. The van der Waals surface area contributed by atoms with Gasteiger partial charge in [0.15, 0.2) is 5.09 Å². The minimum atomic E-state index is -1.12. The molecule has 0 unspecified atom stereocenters. The Kier molecular flexibility index (Phi) is 3.58. The monoisotopic (exact) mass is 274 g/mol. The van der Waals surface area contributed by atoms with Crippen molar-refractivity contribution >= 4 is 17.7 Å². The van der Waals surface area contributed by atoms with Crippen LogP contribution in [0.15, 0.2) is 32.7 Å². The summed E-state index contributed by atoms with van der Waals surface area (Å²) in [6, 6.07) is 6.85. The Hall–Kier alpha value is -2.26. The second-order valence-corrected chi connectivity index (χ2v) is 4.89. The number of hydrogen-bond acceptors (Lipinski definition) is 5. The number of carbonyl (C=O) groups is 1. The molecule has 0 aromatic carbocycles. The van der Waals surface area contributed by atoms with E-state index in [1.54, 1.807) is 6.07 Å². The first-order valence-corrected chi connectivity index (χ1v) is 6.22. The van der Waals surface area contributed by atoms with Crippen LogP contribution < -0.4 is 0 Å². The molecule has 96 valence electrons. The molecule has 0 saturated carbocycles. The summed E-state index contributed by atoms with van der Waals surface area (Å²) in [6.45, 7) is 3.67. The molecule has 6 heteroatoms. The molecular weight excluding hydrogens is 264 g/mol. The Morgan fingerprint density at radius 2 is 2.21 bits per heavy atom. The second kappa shape index (κ2) is 5.16. The summed E-state index contributed by atoms with van der Waals surface area (Å²) in [6.07, 6.45) is 0. The predicted octanol–water partition coefficient (Wildman–Crippen LogP) is 3.01. The number of aromatic carboxylic acids is 1. The van der Waals surface area contributed by atoms with Gasteiger partial charge in [-0.25, -0.2) is 9.78 Å². The van der Waals surface area contributed by atoms with Crippen LogP contribution in [0, 0.1) is 25.2 Å². The highest BCUT2D eigenvalue weighted by Crippen LogP contribution is 2.31. The van der Waals surface area contributed by atoms with Crippen molar-refractivity contribution in [3.05, 3.63) is 40.8 Å². The third-order valence-corrected chi connectivity index (χ3v) is 3.32. The molecular formula is C13H10N2O3S. The zero-order chi connectivity index (χ0) is 14.0. The molecule has 2 heterocycles. The summed E-state index contributed by atoms with van der Waals surface area (Å²) in [5.74, 6) is -1.26. The van der Waals surface area contributed by atoms with E-state index in [0.29, 0.717) is 15.7 Å². The molecule has 2 aromatic rings. The topological polar surface area (TPSA) is 87.1 Å². The maximum absolute atomic E-state index is 10.7. The second-order valence-electron chi connectivity index (χ2n) is 3.90. The van der Waals surface area contributed by atoms with Crippen LogP contribution in [0.3, 0.4) is 0 Å². The molecule has 0 aliphatic carbocycles. The highest BCUT2D eigenvalue weighted by molar-refractivity contribution is 7.99. The minimum Gasteiger partial charge on any atom is -0.475 e. The smallest absolute Gasteiger partial charge is 0.371 e. The largest absolute Gasteiger partial charge is 0.475 e. The van der Waals surface area contributed by atoms with E-state index in [0.717, 1.165) is 23.0 Å². The van der Waals surface area contributed by atoms with Crippen molar-refractivity contribution in [1.29, 1.82) is 5.26 Å². The van der Waals surface area contributed by atoms with E-state index in [1.807, 2.05) is 19.9 Å². The molecule has 0 atom stereocenters. The fraction of sp³-hybridized carbons (Fsp3) is 0.154. The van der Waals surface area contributed by atoms with E-state index in [4.69, 9.17) is 14.8 Å². The van der Waals surface area contributed by atoms with E-state index in [1.165, 1.54) is 6.07 Å². The van der Waals surface area contributed by atoms with Crippen molar-refractivity contribution in [2.75, 3.05) is 0 Å². The molecule has 0 radical (unpaired) electrons. The number of nitriles is 1. The van der Waals surface area contributed by atoms with Crippen LogP contribution in [0.25, 0.3) is 0 Å². The first-order valence-electron chi connectivity index (χ1n) is 5.40. The average molecular weight is 274 g/mol. The maximum Gasteiger partial charge on any atom is 0.371 e. The number of carboxylic acids is 1. The van der Waals surface area contributed by atoms with Gasteiger partial charge in [0, 0.05) is 5.69 Å². The normalized spacial score (nSPS) is 10.2. The summed E-state index contributed by atoms with van der Waals surface area (Å²) < 4.78 is 5.14. The number of hydrogen-bond donors (Lipinski definition) is 1. The molecule has 0 spiro atoms. The van der Waals surface area contributed by atoms with Gasteiger partial charge >= 0.3 is 5.97 Å². The SMILES string of the molecule is Cc1cc(C)c(C#N)c(Sc2ccc(C(=O)O)o2)n1. The lowest BCUT2D eigenvalue weighted by Gasteiger charge is -2.05. The van der Waals surface area contributed by atoms with Crippen molar-refractivity contribution in [3.8, 4) is 6.07 Å². The molecule has 0 aliphatic heterocycles. The van der Waals surface area contributed by atoms with Crippen LogP contribution in [-0.4, -0.2) is 16.1 Å². The number of pyridine rings is 1. The van der Waals surface area contributed by atoms with Crippen LogP contribution in [0.5, 0.6) is 0 Å². The molecule has 0 amide bonds. The van der Waals surface area contributed by atoms with Crippen molar-refractivity contribution in [2.24, 2.45) is 0 Å². The quantitative estimate of drug-likeness (QED) is 0.925. The molecule has 0 fully saturated rings. The Labute approximate surface area is 113 Å².